The second-order valence-corrected chi connectivity index (χ2v) is 12.2. The Balaban J connectivity index is 1.75. The molecule has 0 aromatic heterocycles. The number of ether oxygens (including phenoxy) is 2. The molecule has 0 fully saturated rings. The van der Waals surface area contributed by atoms with E-state index >= 15 is 0 Å². The lowest BCUT2D eigenvalue weighted by Crippen LogP contribution is -2.14. The minimum Gasteiger partial charge on any atom is -0.744 e. The molecule has 0 spiro atoms. The fourth-order valence-electron chi connectivity index (χ4n) is 3.40. The maximum Gasteiger partial charge on any atom is 0.344 e. The second-order valence-electron chi connectivity index (χ2n) is 7.30. The molecule has 0 aliphatic carbocycles. The number of rotatable bonds is 5. The number of hydrogen-bond acceptors (Lipinski definition) is 8. The van der Waals surface area contributed by atoms with E-state index in [2.05, 4.69) is 22.6 Å². The standard InChI is InChI=1S/C24H13I3O8S/c25-13-4-6-15(7-5-13)34-23(29)17-3-1-2-12-8-14(28)9-18(21(12)17)24(30)35-16-10-19(26)22(20(27)11-16)36(31,32)33/h1-11,28H,(H,31,32,33)/p-1. The molecule has 4 rings (SSSR count). The van der Waals surface area contributed by atoms with Crippen molar-refractivity contribution in [1.29, 1.82) is 0 Å². The summed E-state index contributed by atoms with van der Waals surface area (Å²) in [5.41, 5.74) is -0.0272. The van der Waals surface area contributed by atoms with Crippen molar-refractivity contribution in [3.63, 3.8) is 0 Å². The predicted octanol–water partition coefficient (Wildman–Crippen LogP) is 5.70. The molecule has 12 heteroatoms. The maximum atomic E-state index is 13.2. The van der Waals surface area contributed by atoms with Crippen molar-refractivity contribution in [2.45, 2.75) is 4.90 Å². The second kappa shape index (κ2) is 10.8. The van der Waals surface area contributed by atoms with Gasteiger partial charge in [0.05, 0.1) is 16.0 Å². The molecule has 8 nitrogen and oxygen atoms in total. The van der Waals surface area contributed by atoms with Gasteiger partial charge in [-0.25, -0.2) is 18.0 Å². The van der Waals surface area contributed by atoms with Gasteiger partial charge in [-0.2, -0.15) is 0 Å². The van der Waals surface area contributed by atoms with Crippen LogP contribution in [0, 0.1) is 10.7 Å². The number of carbonyl (C=O) groups excluding carboxylic acids is 2. The lowest BCUT2D eigenvalue weighted by atomic mass is 9.98. The molecular weight excluding hydrogens is 829 g/mol. The van der Waals surface area contributed by atoms with Gasteiger partial charge in [-0.1, -0.05) is 12.1 Å². The molecule has 4 aromatic carbocycles. The van der Waals surface area contributed by atoms with Crippen molar-refractivity contribution in [1.82, 2.24) is 0 Å². The summed E-state index contributed by atoms with van der Waals surface area (Å²) in [7, 11) is -4.73. The summed E-state index contributed by atoms with van der Waals surface area (Å²) < 4.78 is 46.6. The Morgan fingerprint density at radius 2 is 1.36 bits per heavy atom. The number of phenolic OH excluding ortho intramolecular Hbond substituents is 1. The largest absolute Gasteiger partial charge is 0.744 e. The van der Waals surface area contributed by atoms with Crippen molar-refractivity contribution < 1.29 is 37.1 Å². The molecule has 0 saturated carbocycles. The van der Waals surface area contributed by atoms with E-state index in [4.69, 9.17) is 9.47 Å². The number of esters is 2. The Labute approximate surface area is 246 Å². The van der Waals surface area contributed by atoms with Gasteiger partial charge in [0.25, 0.3) is 0 Å². The Morgan fingerprint density at radius 3 is 1.97 bits per heavy atom. The molecule has 0 unspecified atom stereocenters. The van der Waals surface area contributed by atoms with Crippen molar-refractivity contribution in [3.05, 3.63) is 88.6 Å². The molecule has 184 valence electrons. The average molecular weight is 841 g/mol. The molecule has 0 bridgehead atoms. The van der Waals surface area contributed by atoms with Crippen LogP contribution in [0.25, 0.3) is 10.8 Å². The highest BCUT2D eigenvalue weighted by atomic mass is 127. The molecule has 0 radical (unpaired) electrons. The number of carbonyl (C=O) groups is 2. The van der Waals surface area contributed by atoms with Crippen molar-refractivity contribution in [2.24, 2.45) is 0 Å². The summed E-state index contributed by atoms with van der Waals surface area (Å²) in [5.74, 6) is -1.55. The Morgan fingerprint density at radius 1 is 0.778 bits per heavy atom. The number of halogens is 3. The normalized spacial score (nSPS) is 11.3. The predicted molar refractivity (Wildman–Crippen MR) is 155 cm³/mol. The molecule has 0 aliphatic rings. The minimum atomic E-state index is -4.73. The molecule has 0 saturated heterocycles. The molecule has 0 amide bonds. The van der Waals surface area contributed by atoms with Crippen LogP contribution in [0.5, 0.6) is 17.2 Å². The van der Waals surface area contributed by atoms with Gasteiger partial charge in [0.2, 0.25) is 0 Å². The summed E-state index contributed by atoms with van der Waals surface area (Å²) in [5, 5.41) is 10.8. The van der Waals surface area contributed by atoms with Gasteiger partial charge in [0.1, 0.15) is 27.4 Å². The first-order valence-electron chi connectivity index (χ1n) is 9.84. The summed E-state index contributed by atoms with van der Waals surface area (Å²) in [6.45, 7) is 0. The Kier molecular flexibility index (Phi) is 8.08. The quantitative estimate of drug-likeness (QED) is 0.117. The van der Waals surface area contributed by atoms with Gasteiger partial charge in [0.15, 0.2) is 0 Å². The SMILES string of the molecule is O=C(Oc1ccc(I)cc1)c1cccc2cc(O)cc(C(=O)Oc3cc(I)c(S(=O)(=O)[O-])c(I)c3)c12. The van der Waals surface area contributed by atoms with E-state index in [9.17, 15) is 27.7 Å². The van der Waals surface area contributed by atoms with E-state index in [0.717, 1.165) is 3.57 Å². The van der Waals surface area contributed by atoms with E-state index in [1.807, 2.05) is 0 Å². The fourth-order valence-corrected chi connectivity index (χ4v) is 7.69. The zero-order valence-corrected chi connectivity index (χ0v) is 25.0. The highest BCUT2D eigenvalue weighted by molar-refractivity contribution is 14.1. The van der Waals surface area contributed by atoms with E-state index < -0.39 is 27.0 Å². The Bertz CT molecular complexity index is 1610. The van der Waals surface area contributed by atoms with E-state index in [1.54, 1.807) is 81.6 Å². The van der Waals surface area contributed by atoms with Gasteiger partial charge < -0.3 is 19.1 Å². The van der Waals surface area contributed by atoms with E-state index in [0.29, 0.717) is 11.1 Å². The minimum absolute atomic E-state index is 0.0170. The van der Waals surface area contributed by atoms with Crippen molar-refractivity contribution in [3.8, 4) is 17.2 Å². The van der Waals surface area contributed by atoms with Crippen LogP contribution in [0.2, 0.25) is 0 Å². The molecule has 1 N–H and O–H groups in total. The lowest BCUT2D eigenvalue weighted by molar-refractivity contribution is 0.0733. The third kappa shape index (κ3) is 5.92. The summed E-state index contributed by atoms with van der Waals surface area (Å²) in [4.78, 5) is 25.8. The van der Waals surface area contributed by atoms with Crippen LogP contribution in [0.1, 0.15) is 20.7 Å². The first kappa shape index (κ1) is 27.0. The summed E-state index contributed by atoms with van der Waals surface area (Å²) in [6, 6.07) is 16.6. The first-order valence-corrected chi connectivity index (χ1v) is 14.5. The fraction of sp³-hybridized carbons (Fsp3) is 0. The van der Waals surface area contributed by atoms with Gasteiger partial charge in [-0.3, -0.25) is 0 Å². The van der Waals surface area contributed by atoms with Gasteiger partial charge in [0, 0.05) is 16.1 Å². The summed E-state index contributed by atoms with van der Waals surface area (Å²) in [6.07, 6.45) is 0. The molecule has 36 heavy (non-hydrogen) atoms. The van der Waals surface area contributed by atoms with Crippen molar-refractivity contribution in [2.75, 3.05) is 0 Å². The Hall–Kier alpha value is -2.02. The highest BCUT2D eigenvalue weighted by Gasteiger charge is 2.22. The lowest BCUT2D eigenvalue weighted by Gasteiger charge is -2.15. The van der Waals surface area contributed by atoms with Gasteiger partial charge >= 0.3 is 11.9 Å². The number of benzene rings is 4. The van der Waals surface area contributed by atoms with Crippen LogP contribution in [0.3, 0.4) is 0 Å². The van der Waals surface area contributed by atoms with Gasteiger partial charge in [-0.15, -0.1) is 0 Å². The van der Waals surface area contributed by atoms with E-state index in [1.165, 1.54) is 30.3 Å². The van der Waals surface area contributed by atoms with Crippen LogP contribution in [-0.2, 0) is 10.1 Å². The maximum absolute atomic E-state index is 13.2. The summed E-state index contributed by atoms with van der Waals surface area (Å²) >= 11 is 5.46. The van der Waals surface area contributed by atoms with Crippen molar-refractivity contribution >= 4 is 101 Å². The van der Waals surface area contributed by atoms with Crippen LogP contribution >= 0.6 is 67.8 Å². The molecular formula is C24H12I3O8S-. The highest BCUT2D eigenvalue weighted by Crippen LogP contribution is 2.32. The number of aromatic hydroxyl groups is 1. The van der Waals surface area contributed by atoms with Crippen LogP contribution in [0.15, 0.2) is 71.6 Å². The number of hydrogen-bond donors (Lipinski definition) is 1. The average Bonchev–Trinajstić information content (AvgIpc) is 2.78. The number of fused-ring (bicyclic) bond motifs is 1. The third-order valence-electron chi connectivity index (χ3n) is 4.86. The topological polar surface area (TPSA) is 130 Å². The number of phenols is 1. The zero-order chi connectivity index (χ0) is 26.2. The molecule has 0 aliphatic heterocycles. The zero-order valence-electron chi connectivity index (χ0n) is 17.7. The smallest absolute Gasteiger partial charge is 0.344 e. The first-order chi connectivity index (χ1) is 16.9. The van der Waals surface area contributed by atoms with Crippen LogP contribution in [0.4, 0.5) is 0 Å². The van der Waals surface area contributed by atoms with Crippen LogP contribution in [-0.4, -0.2) is 30.0 Å². The van der Waals surface area contributed by atoms with Crippen LogP contribution < -0.4 is 9.47 Å². The molecule has 4 aromatic rings. The van der Waals surface area contributed by atoms with Gasteiger partial charge in [-0.05, 0) is 128 Å². The monoisotopic (exact) mass is 841 g/mol. The third-order valence-corrected chi connectivity index (χ3v) is 8.95. The molecule has 0 heterocycles. The van der Waals surface area contributed by atoms with E-state index in [-0.39, 0.29) is 35.2 Å². The molecule has 0 atom stereocenters.